The molecule has 1 saturated heterocycles. The summed E-state index contributed by atoms with van der Waals surface area (Å²) in [5.74, 6) is -0.767. The molecule has 6 heteroatoms. The normalized spacial score (nSPS) is 17.7. The fourth-order valence-electron chi connectivity index (χ4n) is 1.78. The van der Waals surface area contributed by atoms with Crippen LogP contribution < -0.4 is 0 Å². The van der Waals surface area contributed by atoms with Gasteiger partial charge in [0, 0.05) is 6.32 Å². The minimum atomic E-state index is -0.832. The predicted octanol–water partition coefficient (Wildman–Crippen LogP) is 0.288. The van der Waals surface area contributed by atoms with Gasteiger partial charge in [-0.05, 0) is 12.6 Å². The molecule has 0 unspecified atom stereocenters. The predicted molar refractivity (Wildman–Crippen MR) is 65.6 cm³/mol. The van der Waals surface area contributed by atoms with E-state index in [9.17, 15) is 9.59 Å². The molecule has 0 aliphatic carbocycles. The van der Waals surface area contributed by atoms with E-state index in [1.165, 1.54) is 0 Å². The first-order valence-electron chi connectivity index (χ1n) is 5.75. The van der Waals surface area contributed by atoms with Gasteiger partial charge in [0.15, 0.2) is 0 Å². The zero-order valence-corrected chi connectivity index (χ0v) is 10.2. The molecule has 5 nitrogen and oxygen atoms in total. The van der Waals surface area contributed by atoms with E-state index in [1.807, 2.05) is 30.3 Å². The van der Waals surface area contributed by atoms with Gasteiger partial charge in [-0.1, -0.05) is 30.3 Å². The van der Waals surface area contributed by atoms with Gasteiger partial charge in [-0.25, -0.2) is 0 Å². The largest absolute Gasteiger partial charge is 0.603 e. The average molecular weight is 247 g/mol. The lowest BCUT2D eigenvalue weighted by Crippen LogP contribution is -2.43. The highest BCUT2D eigenvalue weighted by Crippen LogP contribution is 2.07. The topological polar surface area (TPSA) is 55.8 Å². The van der Waals surface area contributed by atoms with Crippen LogP contribution in [0, 0.1) is 0 Å². The molecular weight excluding hydrogens is 233 g/mol. The van der Waals surface area contributed by atoms with Gasteiger partial charge in [-0.15, -0.1) is 0 Å². The van der Waals surface area contributed by atoms with E-state index in [0.29, 0.717) is 6.32 Å². The summed E-state index contributed by atoms with van der Waals surface area (Å²) >= 11 is 0. The maximum atomic E-state index is 11.5. The first kappa shape index (κ1) is 12.6. The standard InChI is InChI=1S/C12H14BNO4/c1-14-8-11(15)17-13(18-12(16)9-14)7-10-5-3-2-4-6-10/h2-6H,7-9H2,1H3. The van der Waals surface area contributed by atoms with Crippen molar-refractivity contribution in [2.75, 3.05) is 20.1 Å². The van der Waals surface area contributed by atoms with E-state index in [-0.39, 0.29) is 25.0 Å². The summed E-state index contributed by atoms with van der Waals surface area (Å²) in [4.78, 5) is 24.6. The maximum absolute atomic E-state index is 11.5. The van der Waals surface area contributed by atoms with Gasteiger partial charge >= 0.3 is 19.1 Å². The van der Waals surface area contributed by atoms with Crippen LogP contribution in [0.1, 0.15) is 5.56 Å². The Balaban J connectivity index is 2.02. The lowest BCUT2D eigenvalue weighted by atomic mass is 9.80. The molecule has 1 fully saturated rings. The number of carbonyl (C=O) groups is 2. The third kappa shape index (κ3) is 3.60. The van der Waals surface area contributed by atoms with Crippen LogP contribution in [-0.2, 0) is 25.2 Å². The second-order valence-electron chi connectivity index (χ2n) is 4.27. The molecule has 1 aliphatic heterocycles. The number of hydrogen-bond acceptors (Lipinski definition) is 5. The fourth-order valence-corrected chi connectivity index (χ4v) is 1.78. The lowest BCUT2D eigenvalue weighted by molar-refractivity contribution is -0.145. The summed E-state index contributed by atoms with van der Waals surface area (Å²) in [6.07, 6.45) is 0.377. The smallest absolute Gasteiger partial charge is 0.498 e. The molecule has 0 N–H and O–H groups in total. The monoisotopic (exact) mass is 247 g/mol. The van der Waals surface area contributed by atoms with Gasteiger partial charge in [0.25, 0.3) is 0 Å². The molecule has 1 aromatic rings. The van der Waals surface area contributed by atoms with Crippen molar-refractivity contribution < 1.29 is 18.9 Å². The molecule has 1 aromatic carbocycles. The number of hydrogen-bond donors (Lipinski definition) is 0. The fraction of sp³-hybridized carbons (Fsp3) is 0.333. The van der Waals surface area contributed by atoms with Crippen LogP contribution in [0.5, 0.6) is 0 Å². The molecule has 0 saturated carbocycles. The quantitative estimate of drug-likeness (QED) is 0.703. The number of rotatable bonds is 2. The van der Waals surface area contributed by atoms with Gasteiger partial charge in [0.2, 0.25) is 0 Å². The van der Waals surface area contributed by atoms with E-state index in [2.05, 4.69) is 0 Å². The molecule has 94 valence electrons. The Kier molecular flexibility index (Phi) is 3.99. The first-order chi connectivity index (χ1) is 8.63. The van der Waals surface area contributed by atoms with E-state index in [1.54, 1.807) is 11.9 Å². The molecule has 1 heterocycles. The number of nitrogens with zero attached hydrogens (tertiary/aromatic N) is 1. The summed E-state index contributed by atoms with van der Waals surface area (Å²) < 4.78 is 10.2. The maximum Gasteiger partial charge on any atom is 0.603 e. The molecule has 1 aliphatic rings. The number of carbonyl (C=O) groups excluding carboxylic acids is 2. The van der Waals surface area contributed by atoms with Crippen molar-refractivity contribution in [1.82, 2.24) is 4.90 Å². The van der Waals surface area contributed by atoms with Gasteiger partial charge in [0.1, 0.15) is 0 Å². The second-order valence-corrected chi connectivity index (χ2v) is 4.27. The van der Waals surface area contributed by atoms with Crippen molar-refractivity contribution in [3.05, 3.63) is 35.9 Å². The Morgan fingerprint density at radius 2 is 1.67 bits per heavy atom. The minimum Gasteiger partial charge on any atom is -0.498 e. The van der Waals surface area contributed by atoms with Crippen LogP contribution >= 0.6 is 0 Å². The highest BCUT2D eigenvalue weighted by molar-refractivity contribution is 6.48. The molecule has 0 aromatic heterocycles. The van der Waals surface area contributed by atoms with Crippen LogP contribution in [0.15, 0.2) is 30.3 Å². The van der Waals surface area contributed by atoms with Crippen molar-refractivity contribution in [3.8, 4) is 0 Å². The molecule has 0 spiro atoms. The van der Waals surface area contributed by atoms with Gasteiger partial charge < -0.3 is 9.31 Å². The molecule has 0 bridgehead atoms. The van der Waals surface area contributed by atoms with E-state index in [0.717, 1.165) is 5.56 Å². The Labute approximate surface area is 106 Å². The molecule has 0 atom stereocenters. The Morgan fingerprint density at radius 3 is 2.22 bits per heavy atom. The zero-order valence-electron chi connectivity index (χ0n) is 10.2. The van der Waals surface area contributed by atoms with Crippen LogP contribution in [0.4, 0.5) is 0 Å². The molecule has 0 radical (unpaired) electrons. The molecule has 18 heavy (non-hydrogen) atoms. The van der Waals surface area contributed by atoms with Gasteiger partial charge in [-0.2, -0.15) is 0 Å². The summed E-state index contributed by atoms with van der Waals surface area (Å²) in [6, 6.07) is 9.46. The molecular formula is C12H14BNO4. The van der Waals surface area contributed by atoms with Crippen LogP contribution in [-0.4, -0.2) is 44.1 Å². The average Bonchev–Trinajstić information content (AvgIpc) is 2.27. The Bertz CT molecular complexity index is 417. The van der Waals surface area contributed by atoms with Crippen molar-refractivity contribution >= 4 is 19.1 Å². The zero-order chi connectivity index (χ0) is 13.0. The van der Waals surface area contributed by atoms with E-state index < -0.39 is 7.12 Å². The van der Waals surface area contributed by atoms with Crippen molar-refractivity contribution in [2.24, 2.45) is 0 Å². The minimum absolute atomic E-state index is 0.0976. The third-order valence-corrected chi connectivity index (χ3v) is 2.57. The third-order valence-electron chi connectivity index (χ3n) is 2.57. The van der Waals surface area contributed by atoms with Gasteiger partial charge in [0.05, 0.1) is 13.1 Å². The SMILES string of the molecule is CN1CC(=O)OB(Cc2ccccc2)OC(=O)C1. The highest BCUT2D eigenvalue weighted by Gasteiger charge is 2.31. The first-order valence-corrected chi connectivity index (χ1v) is 5.75. The highest BCUT2D eigenvalue weighted by atomic mass is 16.6. The summed E-state index contributed by atoms with van der Waals surface area (Å²) in [5, 5.41) is 0. The number of benzene rings is 1. The van der Waals surface area contributed by atoms with Crippen molar-refractivity contribution in [2.45, 2.75) is 6.32 Å². The molecule has 0 amide bonds. The van der Waals surface area contributed by atoms with E-state index in [4.69, 9.17) is 9.31 Å². The Morgan fingerprint density at radius 1 is 1.11 bits per heavy atom. The van der Waals surface area contributed by atoms with Crippen LogP contribution in [0.3, 0.4) is 0 Å². The summed E-state index contributed by atoms with van der Waals surface area (Å²) in [6.45, 7) is 0.195. The van der Waals surface area contributed by atoms with E-state index >= 15 is 0 Å². The molecule has 2 rings (SSSR count). The number of likely N-dealkylation sites (N-methyl/N-ethyl adjacent to an activating group) is 1. The second kappa shape index (κ2) is 5.68. The van der Waals surface area contributed by atoms with Crippen molar-refractivity contribution in [1.29, 1.82) is 0 Å². The van der Waals surface area contributed by atoms with Crippen LogP contribution in [0.25, 0.3) is 0 Å². The summed E-state index contributed by atoms with van der Waals surface area (Å²) in [5.41, 5.74) is 0.956. The van der Waals surface area contributed by atoms with Crippen LogP contribution in [0.2, 0.25) is 0 Å². The lowest BCUT2D eigenvalue weighted by Gasteiger charge is -2.22. The Hall–Kier alpha value is -1.82. The van der Waals surface area contributed by atoms with Gasteiger partial charge in [-0.3, -0.25) is 14.5 Å². The van der Waals surface area contributed by atoms with Crippen molar-refractivity contribution in [3.63, 3.8) is 0 Å². The summed E-state index contributed by atoms with van der Waals surface area (Å²) in [7, 11) is 0.834.